The Bertz CT molecular complexity index is 282. The maximum absolute atomic E-state index is 12.2. The summed E-state index contributed by atoms with van der Waals surface area (Å²) in [6, 6.07) is 0. The van der Waals surface area contributed by atoms with Gasteiger partial charge in [0, 0.05) is 19.6 Å². The van der Waals surface area contributed by atoms with Crippen molar-refractivity contribution in [3.05, 3.63) is 0 Å². The van der Waals surface area contributed by atoms with E-state index in [-0.39, 0.29) is 17.6 Å². The Balaban J connectivity index is 1.91. The zero-order valence-electron chi connectivity index (χ0n) is 11.5. The molecule has 1 atom stereocenters. The summed E-state index contributed by atoms with van der Waals surface area (Å²) < 4.78 is 6.09. The SMILES string of the molecule is CC(OC1(CN)CCCCC1)C(=O)N1CCCC1. The van der Waals surface area contributed by atoms with Crippen molar-refractivity contribution in [2.24, 2.45) is 5.73 Å². The molecule has 1 unspecified atom stereocenters. The predicted octanol–water partition coefficient (Wildman–Crippen LogP) is 1.68. The van der Waals surface area contributed by atoms with Crippen LogP contribution in [0.2, 0.25) is 0 Å². The van der Waals surface area contributed by atoms with Crippen molar-refractivity contribution in [2.75, 3.05) is 19.6 Å². The van der Waals surface area contributed by atoms with Crippen molar-refractivity contribution in [3.8, 4) is 0 Å². The maximum Gasteiger partial charge on any atom is 0.251 e. The van der Waals surface area contributed by atoms with Crippen LogP contribution >= 0.6 is 0 Å². The average molecular weight is 254 g/mol. The van der Waals surface area contributed by atoms with Gasteiger partial charge >= 0.3 is 0 Å². The van der Waals surface area contributed by atoms with E-state index in [0.717, 1.165) is 38.8 Å². The van der Waals surface area contributed by atoms with Gasteiger partial charge in [0.1, 0.15) is 6.10 Å². The highest BCUT2D eigenvalue weighted by atomic mass is 16.5. The van der Waals surface area contributed by atoms with Crippen LogP contribution in [0.4, 0.5) is 0 Å². The molecule has 2 rings (SSSR count). The van der Waals surface area contributed by atoms with Gasteiger partial charge in [0.05, 0.1) is 5.60 Å². The molecule has 1 saturated carbocycles. The summed E-state index contributed by atoms with van der Waals surface area (Å²) in [4.78, 5) is 14.2. The Labute approximate surface area is 110 Å². The van der Waals surface area contributed by atoms with Gasteiger partial charge in [0.15, 0.2) is 0 Å². The molecule has 0 aromatic rings. The number of carbonyl (C=O) groups excluding carboxylic acids is 1. The third kappa shape index (κ3) is 3.04. The largest absolute Gasteiger partial charge is 0.361 e. The zero-order chi connectivity index (χ0) is 13.0. The van der Waals surface area contributed by atoms with E-state index in [9.17, 15) is 4.79 Å². The van der Waals surface area contributed by atoms with Crippen LogP contribution in [0, 0.1) is 0 Å². The van der Waals surface area contributed by atoms with E-state index in [1.165, 1.54) is 19.3 Å². The van der Waals surface area contributed by atoms with Gasteiger partial charge in [0.25, 0.3) is 5.91 Å². The molecule has 0 spiro atoms. The van der Waals surface area contributed by atoms with Gasteiger partial charge in [-0.3, -0.25) is 4.79 Å². The molecule has 1 aliphatic carbocycles. The first-order chi connectivity index (χ1) is 8.67. The number of nitrogens with zero attached hydrogens (tertiary/aromatic N) is 1. The lowest BCUT2D eigenvalue weighted by atomic mass is 9.84. The fourth-order valence-corrected chi connectivity index (χ4v) is 3.19. The molecule has 1 heterocycles. The third-order valence-electron chi connectivity index (χ3n) is 4.33. The van der Waals surface area contributed by atoms with Crippen LogP contribution in [0.1, 0.15) is 51.9 Å². The molecule has 0 radical (unpaired) electrons. The molecule has 1 aliphatic heterocycles. The van der Waals surface area contributed by atoms with E-state index in [2.05, 4.69) is 0 Å². The molecule has 4 nitrogen and oxygen atoms in total. The van der Waals surface area contributed by atoms with Crippen LogP contribution in [-0.2, 0) is 9.53 Å². The normalized spacial score (nSPS) is 25.1. The van der Waals surface area contributed by atoms with Crippen LogP contribution in [0.5, 0.6) is 0 Å². The van der Waals surface area contributed by atoms with Crippen LogP contribution in [0.15, 0.2) is 0 Å². The van der Waals surface area contributed by atoms with Crippen molar-refractivity contribution in [1.29, 1.82) is 0 Å². The second kappa shape index (κ2) is 6.02. The Morgan fingerprint density at radius 2 is 1.83 bits per heavy atom. The Morgan fingerprint density at radius 3 is 2.39 bits per heavy atom. The van der Waals surface area contributed by atoms with Crippen molar-refractivity contribution in [3.63, 3.8) is 0 Å². The smallest absolute Gasteiger partial charge is 0.251 e. The van der Waals surface area contributed by atoms with Crippen LogP contribution in [-0.4, -0.2) is 42.1 Å². The molecule has 1 amide bonds. The lowest BCUT2D eigenvalue weighted by Crippen LogP contribution is -2.48. The van der Waals surface area contributed by atoms with Gasteiger partial charge in [-0.25, -0.2) is 0 Å². The van der Waals surface area contributed by atoms with Crippen molar-refractivity contribution < 1.29 is 9.53 Å². The minimum Gasteiger partial charge on any atom is -0.361 e. The number of hydrogen-bond donors (Lipinski definition) is 1. The minimum atomic E-state index is -0.343. The number of rotatable bonds is 4. The van der Waals surface area contributed by atoms with E-state index < -0.39 is 0 Å². The third-order valence-corrected chi connectivity index (χ3v) is 4.33. The highest BCUT2D eigenvalue weighted by molar-refractivity contribution is 5.80. The van der Waals surface area contributed by atoms with Gasteiger partial charge in [-0.1, -0.05) is 19.3 Å². The Kier molecular flexibility index (Phi) is 4.62. The van der Waals surface area contributed by atoms with E-state index in [1.807, 2.05) is 11.8 Å². The molecule has 4 heteroatoms. The first-order valence-corrected chi connectivity index (χ1v) is 7.33. The summed E-state index contributed by atoms with van der Waals surface area (Å²) in [5, 5.41) is 0. The van der Waals surface area contributed by atoms with Gasteiger partial charge in [-0.05, 0) is 32.6 Å². The van der Waals surface area contributed by atoms with Crippen molar-refractivity contribution in [1.82, 2.24) is 4.90 Å². The summed E-state index contributed by atoms with van der Waals surface area (Å²) >= 11 is 0. The molecule has 0 aromatic carbocycles. The number of hydrogen-bond acceptors (Lipinski definition) is 3. The number of likely N-dealkylation sites (tertiary alicyclic amines) is 1. The summed E-state index contributed by atoms with van der Waals surface area (Å²) in [7, 11) is 0. The summed E-state index contributed by atoms with van der Waals surface area (Å²) in [6.45, 7) is 4.20. The van der Waals surface area contributed by atoms with E-state index in [0.29, 0.717) is 6.54 Å². The monoisotopic (exact) mass is 254 g/mol. The first kappa shape index (κ1) is 13.8. The highest BCUT2D eigenvalue weighted by Crippen LogP contribution is 2.32. The van der Waals surface area contributed by atoms with Gasteiger partial charge < -0.3 is 15.4 Å². The molecule has 2 aliphatic rings. The Morgan fingerprint density at radius 1 is 1.22 bits per heavy atom. The molecule has 2 fully saturated rings. The van der Waals surface area contributed by atoms with Crippen LogP contribution in [0.25, 0.3) is 0 Å². The molecule has 104 valence electrons. The lowest BCUT2D eigenvalue weighted by Gasteiger charge is -2.38. The van der Waals surface area contributed by atoms with E-state index in [4.69, 9.17) is 10.5 Å². The first-order valence-electron chi connectivity index (χ1n) is 7.33. The zero-order valence-corrected chi connectivity index (χ0v) is 11.5. The van der Waals surface area contributed by atoms with Gasteiger partial charge in [-0.15, -0.1) is 0 Å². The molecule has 2 N–H and O–H groups in total. The van der Waals surface area contributed by atoms with Crippen molar-refractivity contribution >= 4 is 5.91 Å². The molecule has 1 saturated heterocycles. The summed E-state index contributed by atoms with van der Waals surface area (Å²) in [6.07, 6.45) is 7.51. The topological polar surface area (TPSA) is 55.6 Å². The van der Waals surface area contributed by atoms with Gasteiger partial charge in [-0.2, -0.15) is 0 Å². The molecule has 18 heavy (non-hydrogen) atoms. The quantitative estimate of drug-likeness (QED) is 0.830. The second-order valence-corrected chi connectivity index (χ2v) is 5.74. The van der Waals surface area contributed by atoms with Gasteiger partial charge in [0.2, 0.25) is 0 Å². The molecular weight excluding hydrogens is 228 g/mol. The Hall–Kier alpha value is -0.610. The average Bonchev–Trinajstić information content (AvgIpc) is 2.92. The fraction of sp³-hybridized carbons (Fsp3) is 0.929. The standard InChI is InChI=1S/C14H26N2O2/c1-12(13(17)16-9-5-6-10-16)18-14(11-15)7-3-2-4-8-14/h12H,2-11,15H2,1H3. The van der Waals surface area contributed by atoms with Crippen LogP contribution in [0.3, 0.4) is 0 Å². The lowest BCUT2D eigenvalue weighted by molar-refractivity contribution is -0.157. The number of ether oxygens (including phenoxy) is 1. The van der Waals surface area contributed by atoms with Crippen LogP contribution < -0.4 is 5.73 Å². The summed E-state index contributed by atoms with van der Waals surface area (Å²) in [5.41, 5.74) is 5.65. The van der Waals surface area contributed by atoms with E-state index in [1.54, 1.807) is 0 Å². The number of carbonyl (C=O) groups is 1. The summed E-state index contributed by atoms with van der Waals surface area (Å²) in [5.74, 6) is 0.144. The molecule has 0 aromatic heterocycles. The predicted molar refractivity (Wildman–Crippen MR) is 71.2 cm³/mol. The fourth-order valence-electron chi connectivity index (χ4n) is 3.19. The van der Waals surface area contributed by atoms with E-state index >= 15 is 0 Å². The second-order valence-electron chi connectivity index (χ2n) is 5.74. The maximum atomic E-state index is 12.2. The minimum absolute atomic E-state index is 0.144. The molecular formula is C14H26N2O2. The highest BCUT2D eigenvalue weighted by Gasteiger charge is 2.36. The number of nitrogens with two attached hydrogens (primary N) is 1. The number of amides is 1. The van der Waals surface area contributed by atoms with Crippen molar-refractivity contribution in [2.45, 2.75) is 63.6 Å². The molecule has 0 bridgehead atoms.